The number of hydrogen-bond acceptors (Lipinski definition) is 1. The molecule has 0 aliphatic rings. The van der Waals surface area contributed by atoms with Gasteiger partial charge in [0.1, 0.15) is 11.9 Å². The van der Waals surface area contributed by atoms with Crippen molar-refractivity contribution in [2.45, 2.75) is 13.5 Å². The van der Waals surface area contributed by atoms with E-state index in [4.69, 9.17) is 11.8 Å². The molecular formula is C16H11FN2. The molecule has 0 aliphatic heterocycles. The third-order valence-electron chi connectivity index (χ3n) is 2.93. The molecular weight excluding hydrogens is 239 g/mol. The Morgan fingerprint density at radius 2 is 2.11 bits per heavy atom. The normalized spacial score (nSPS) is 9.68. The molecule has 0 aromatic heterocycles. The second-order valence-corrected chi connectivity index (χ2v) is 4.28. The van der Waals surface area contributed by atoms with Crippen LogP contribution in [0.5, 0.6) is 0 Å². The fourth-order valence-corrected chi connectivity index (χ4v) is 2.01. The van der Waals surface area contributed by atoms with Crippen LogP contribution in [-0.4, -0.2) is 0 Å². The predicted molar refractivity (Wildman–Crippen MR) is 71.6 cm³/mol. The second kappa shape index (κ2) is 5.33. The second-order valence-electron chi connectivity index (χ2n) is 4.28. The van der Waals surface area contributed by atoms with E-state index in [2.05, 4.69) is 4.85 Å². The highest BCUT2D eigenvalue weighted by Gasteiger charge is 2.09. The summed E-state index contributed by atoms with van der Waals surface area (Å²) in [6, 6.07) is 12.2. The number of halogens is 1. The van der Waals surface area contributed by atoms with Crippen LogP contribution in [0.15, 0.2) is 36.4 Å². The Labute approximate surface area is 111 Å². The average molecular weight is 250 g/mol. The SMILES string of the molecule is [C-]#[N+]Cc1cccc(-c2cc(F)c(C#N)cc2C)c1. The first kappa shape index (κ1) is 12.8. The number of hydrogen-bond donors (Lipinski definition) is 0. The zero-order valence-electron chi connectivity index (χ0n) is 10.4. The van der Waals surface area contributed by atoms with Crippen molar-refractivity contribution in [3.63, 3.8) is 0 Å². The van der Waals surface area contributed by atoms with Crippen LogP contribution in [0.1, 0.15) is 16.7 Å². The van der Waals surface area contributed by atoms with E-state index in [1.54, 1.807) is 6.07 Å². The van der Waals surface area contributed by atoms with Crippen molar-refractivity contribution in [1.29, 1.82) is 5.26 Å². The van der Waals surface area contributed by atoms with E-state index in [0.29, 0.717) is 6.54 Å². The molecule has 0 amide bonds. The molecule has 19 heavy (non-hydrogen) atoms. The largest absolute Gasteiger partial charge is 0.312 e. The van der Waals surface area contributed by atoms with Gasteiger partial charge in [0, 0.05) is 5.56 Å². The number of nitriles is 1. The summed E-state index contributed by atoms with van der Waals surface area (Å²) in [5.41, 5.74) is 3.42. The minimum Gasteiger partial charge on any atom is -0.312 e. The third kappa shape index (κ3) is 2.61. The maximum Gasteiger partial charge on any atom is 0.239 e. The van der Waals surface area contributed by atoms with Crippen molar-refractivity contribution >= 4 is 0 Å². The van der Waals surface area contributed by atoms with Crippen LogP contribution < -0.4 is 0 Å². The lowest BCUT2D eigenvalue weighted by molar-refractivity contribution is 0.624. The Balaban J connectivity index is 2.54. The Kier molecular flexibility index (Phi) is 3.59. The minimum atomic E-state index is -0.515. The Morgan fingerprint density at radius 1 is 1.32 bits per heavy atom. The standard InChI is InChI=1S/C16H11FN2/c1-11-6-14(9-18)16(17)8-15(11)13-5-3-4-12(7-13)10-19-2/h3-8H,10H2,1H3. The molecule has 0 N–H and O–H groups in total. The maximum absolute atomic E-state index is 13.7. The predicted octanol–water partition coefficient (Wildman–Crippen LogP) is 4.09. The third-order valence-corrected chi connectivity index (χ3v) is 2.93. The van der Waals surface area contributed by atoms with Gasteiger partial charge in [-0.25, -0.2) is 11.0 Å². The van der Waals surface area contributed by atoms with Crippen molar-refractivity contribution < 1.29 is 4.39 Å². The lowest BCUT2D eigenvalue weighted by Crippen LogP contribution is -1.91. The van der Waals surface area contributed by atoms with Crippen LogP contribution in [0.4, 0.5) is 4.39 Å². The van der Waals surface area contributed by atoms with Gasteiger partial charge in [-0.3, -0.25) is 0 Å². The summed E-state index contributed by atoms with van der Waals surface area (Å²) >= 11 is 0. The molecule has 0 saturated heterocycles. The molecule has 0 radical (unpaired) electrons. The van der Waals surface area contributed by atoms with Gasteiger partial charge < -0.3 is 4.85 Å². The highest BCUT2D eigenvalue weighted by Crippen LogP contribution is 2.27. The van der Waals surface area contributed by atoms with Gasteiger partial charge in [-0.2, -0.15) is 5.26 Å². The van der Waals surface area contributed by atoms with E-state index in [-0.39, 0.29) is 5.56 Å². The molecule has 0 atom stereocenters. The molecule has 0 spiro atoms. The summed E-state index contributed by atoms with van der Waals surface area (Å²) in [6.07, 6.45) is 0. The maximum atomic E-state index is 13.7. The molecule has 92 valence electrons. The van der Waals surface area contributed by atoms with Gasteiger partial charge in [-0.15, -0.1) is 0 Å². The van der Waals surface area contributed by atoms with Crippen LogP contribution in [0.25, 0.3) is 16.0 Å². The number of benzene rings is 2. The van der Waals surface area contributed by atoms with Crippen LogP contribution >= 0.6 is 0 Å². The average Bonchev–Trinajstić information content (AvgIpc) is 2.41. The molecule has 2 aromatic carbocycles. The summed E-state index contributed by atoms with van der Waals surface area (Å²) in [7, 11) is 0. The van der Waals surface area contributed by atoms with Crippen molar-refractivity contribution in [3.8, 4) is 17.2 Å². The van der Waals surface area contributed by atoms with Gasteiger partial charge in [0.2, 0.25) is 6.54 Å². The fourth-order valence-electron chi connectivity index (χ4n) is 2.01. The lowest BCUT2D eigenvalue weighted by Gasteiger charge is -2.08. The van der Waals surface area contributed by atoms with Crippen molar-refractivity contribution in [1.82, 2.24) is 0 Å². The van der Waals surface area contributed by atoms with Crippen LogP contribution in [0.2, 0.25) is 0 Å². The zero-order valence-corrected chi connectivity index (χ0v) is 10.4. The van der Waals surface area contributed by atoms with E-state index in [9.17, 15) is 4.39 Å². The monoisotopic (exact) mass is 250 g/mol. The Hall–Kier alpha value is -2.65. The summed E-state index contributed by atoms with van der Waals surface area (Å²) in [5, 5.41) is 8.80. The van der Waals surface area contributed by atoms with E-state index >= 15 is 0 Å². The van der Waals surface area contributed by atoms with Gasteiger partial charge in [0.05, 0.1) is 5.56 Å². The number of rotatable bonds is 2. The van der Waals surface area contributed by atoms with E-state index in [1.807, 2.05) is 37.3 Å². The van der Waals surface area contributed by atoms with Crippen molar-refractivity contribution in [2.24, 2.45) is 0 Å². The summed E-state index contributed by atoms with van der Waals surface area (Å²) in [6.45, 7) is 9.03. The Bertz CT molecular complexity index is 706. The first-order chi connectivity index (χ1) is 9.15. The topological polar surface area (TPSA) is 28.1 Å². The first-order valence-electron chi connectivity index (χ1n) is 5.78. The molecule has 3 heteroatoms. The highest BCUT2D eigenvalue weighted by atomic mass is 19.1. The molecule has 0 unspecified atom stereocenters. The van der Waals surface area contributed by atoms with Gasteiger partial charge in [-0.05, 0) is 41.8 Å². The van der Waals surface area contributed by atoms with Gasteiger partial charge >= 0.3 is 0 Å². The number of aryl methyl sites for hydroxylation is 1. The Morgan fingerprint density at radius 3 is 2.79 bits per heavy atom. The van der Waals surface area contributed by atoms with E-state index < -0.39 is 5.82 Å². The first-order valence-corrected chi connectivity index (χ1v) is 5.78. The lowest BCUT2D eigenvalue weighted by atomic mass is 9.97. The molecule has 0 aliphatic carbocycles. The van der Waals surface area contributed by atoms with Crippen LogP contribution in [0.3, 0.4) is 0 Å². The minimum absolute atomic E-state index is 0.0542. The highest BCUT2D eigenvalue weighted by molar-refractivity contribution is 5.69. The molecule has 0 saturated carbocycles. The smallest absolute Gasteiger partial charge is 0.239 e. The zero-order chi connectivity index (χ0) is 13.8. The molecule has 2 rings (SSSR count). The molecule has 0 bridgehead atoms. The molecule has 0 heterocycles. The van der Waals surface area contributed by atoms with Gasteiger partial charge in [0.25, 0.3) is 0 Å². The van der Waals surface area contributed by atoms with Gasteiger partial charge in [-0.1, -0.05) is 18.2 Å². The molecule has 2 aromatic rings. The van der Waals surface area contributed by atoms with Crippen molar-refractivity contribution in [2.75, 3.05) is 0 Å². The summed E-state index contributed by atoms with van der Waals surface area (Å²) in [5.74, 6) is -0.515. The fraction of sp³-hybridized carbons (Fsp3) is 0.125. The summed E-state index contributed by atoms with van der Waals surface area (Å²) in [4.78, 5) is 3.34. The van der Waals surface area contributed by atoms with Gasteiger partial charge in [0.15, 0.2) is 0 Å². The molecule has 0 fully saturated rings. The van der Waals surface area contributed by atoms with Crippen molar-refractivity contribution in [3.05, 3.63) is 70.3 Å². The van der Waals surface area contributed by atoms with E-state index in [1.165, 1.54) is 6.07 Å². The quantitative estimate of drug-likeness (QED) is 0.738. The van der Waals surface area contributed by atoms with E-state index in [0.717, 1.165) is 22.3 Å². The van der Waals surface area contributed by atoms with Crippen LogP contribution in [-0.2, 0) is 6.54 Å². The summed E-state index contributed by atoms with van der Waals surface area (Å²) < 4.78 is 13.7. The van der Waals surface area contributed by atoms with Crippen LogP contribution in [0, 0.1) is 30.6 Å². The molecule has 2 nitrogen and oxygen atoms in total. The number of nitrogens with zero attached hydrogens (tertiary/aromatic N) is 2.